The summed E-state index contributed by atoms with van der Waals surface area (Å²) in [6.07, 6.45) is 1.86. The number of benzene rings is 1. The molecule has 1 atom stereocenters. The Balaban J connectivity index is 2.41. The number of pyridine rings is 1. The monoisotopic (exact) mass is 323 g/mol. The van der Waals surface area contributed by atoms with E-state index >= 15 is 0 Å². The molecule has 1 N–H and O–H groups in total. The van der Waals surface area contributed by atoms with Gasteiger partial charge >= 0.3 is 5.97 Å². The molecule has 0 saturated carbocycles. The van der Waals surface area contributed by atoms with Crippen molar-refractivity contribution in [3.63, 3.8) is 0 Å². The van der Waals surface area contributed by atoms with Gasteiger partial charge in [0.05, 0.1) is 24.8 Å². The van der Waals surface area contributed by atoms with Gasteiger partial charge in [-0.1, -0.05) is 0 Å². The summed E-state index contributed by atoms with van der Waals surface area (Å²) in [5, 5.41) is 9.43. The Morgan fingerprint density at radius 1 is 1.48 bits per heavy atom. The first kappa shape index (κ1) is 15.6. The topological polar surface area (TPSA) is 68.5 Å². The van der Waals surface area contributed by atoms with Gasteiger partial charge in [0.1, 0.15) is 5.56 Å². The molecule has 0 aliphatic carbocycles. The van der Waals surface area contributed by atoms with Crippen molar-refractivity contribution < 1.29 is 23.4 Å². The molecule has 1 aliphatic rings. The molecule has 3 rings (SSSR count). The molecule has 1 aromatic carbocycles. The average molecular weight is 323 g/mol. The van der Waals surface area contributed by atoms with Gasteiger partial charge in [-0.15, -0.1) is 0 Å². The number of hydrogen-bond donors (Lipinski definition) is 1. The number of halogens is 2. The second-order valence-corrected chi connectivity index (χ2v) is 5.42. The van der Waals surface area contributed by atoms with Gasteiger partial charge in [0.15, 0.2) is 11.6 Å². The largest absolute Gasteiger partial charge is 0.462 e. The summed E-state index contributed by atoms with van der Waals surface area (Å²) in [6, 6.07) is 0.388. The number of aliphatic hydroxyl groups is 1. The van der Waals surface area contributed by atoms with E-state index in [0.717, 1.165) is 6.07 Å². The van der Waals surface area contributed by atoms with Crippen molar-refractivity contribution in [2.75, 3.05) is 13.2 Å². The minimum Gasteiger partial charge on any atom is -0.462 e. The molecule has 0 amide bonds. The van der Waals surface area contributed by atoms with Crippen LogP contribution in [0.5, 0.6) is 0 Å². The first-order valence-electron chi connectivity index (χ1n) is 7.33. The first-order chi connectivity index (χ1) is 11.0. The quantitative estimate of drug-likeness (QED) is 0.877. The average Bonchev–Trinajstić information content (AvgIpc) is 2.54. The number of hydrogen-bond acceptors (Lipinski definition) is 4. The number of carbonyl (C=O) groups excluding carboxylic acids is 1. The van der Waals surface area contributed by atoms with Crippen LogP contribution in [0.4, 0.5) is 8.78 Å². The highest BCUT2D eigenvalue weighted by atomic mass is 19.2. The lowest BCUT2D eigenvalue weighted by atomic mass is 9.95. The van der Waals surface area contributed by atoms with Gasteiger partial charge in [-0.2, -0.15) is 0 Å². The molecule has 0 saturated heterocycles. The fraction of sp³-hybridized carbons (Fsp3) is 0.375. The zero-order valence-corrected chi connectivity index (χ0v) is 12.4. The van der Waals surface area contributed by atoms with Crippen molar-refractivity contribution in [3.8, 4) is 0 Å². The van der Waals surface area contributed by atoms with Crippen molar-refractivity contribution in [1.29, 1.82) is 0 Å². The molecule has 0 spiro atoms. The second kappa shape index (κ2) is 5.73. The maximum Gasteiger partial charge on any atom is 0.343 e. The maximum absolute atomic E-state index is 14.0. The third-order valence-electron chi connectivity index (χ3n) is 4.13. The van der Waals surface area contributed by atoms with Crippen molar-refractivity contribution in [1.82, 2.24) is 4.57 Å². The van der Waals surface area contributed by atoms with Crippen LogP contribution in [0.25, 0.3) is 10.9 Å². The number of aromatic nitrogens is 1. The summed E-state index contributed by atoms with van der Waals surface area (Å²) in [4.78, 5) is 24.4. The summed E-state index contributed by atoms with van der Waals surface area (Å²) in [7, 11) is 0. The van der Waals surface area contributed by atoms with Gasteiger partial charge in [0.2, 0.25) is 5.43 Å². The summed E-state index contributed by atoms with van der Waals surface area (Å²) in [5.41, 5.74) is -0.630. The number of ether oxygens (including phenoxy) is 1. The Morgan fingerprint density at radius 3 is 2.87 bits per heavy atom. The Labute approximate surface area is 130 Å². The molecule has 2 aromatic rings. The van der Waals surface area contributed by atoms with Crippen molar-refractivity contribution in [2.24, 2.45) is 0 Å². The van der Waals surface area contributed by atoms with Gasteiger partial charge in [-0.3, -0.25) is 4.79 Å². The van der Waals surface area contributed by atoms with Crippen LogP contribution in [0, 0.1) is 11.6 Å². The number of aliphatic hydroxyl groups excluding tert-OH is 1. The van der Waals surface area contributed by atoms with E-state index in [2.05, 4.69) is 0 Å². The van der Waals surface area contributed by atoms with Crippen LogP contribution in [0.1, 0.15) is 35.3 Å². The molecular weight excluding hydrogens is 308 g/mol. The van der Waals surface area contributed by atoms with Crippen LogP contribution >= 0.6 is 0 Å². The fourth-order valence-electron chi connectivity index (χ4n) is 3.04. The number of rotatable bonds is 3. The lowest BCUT2D eigenvalue weighted by Gasteiger charge is -2.28. The molecule has 7 heteroatoms. The standard InChI is InChI=1S/C16H15F2NO4/c1-2-23-16(22)11-6-19-8(7-20)3-4-9-13(18)12(17)5-10(14(9)19)15(11)21/h5-6,8,20H,2-4,7H2,1H3. The van der Waals surface area contributed by atoms with Crippen LogP contribution in [0.3, 0.4) is 0 Å². The Bertz CT molecular complexity index is 860. The van der Waals surface area contributed by atoms with Crippen LogP contribution in [0.15, 0.2) is 17.1 Å². The maximum atomic E-state index is 14.0. The van der Waals surface area contributed by atoms with E-state index < -0.39 is 29.1 Å². The van der Waals surface area contributed by atoms with Crippen molar-refractivity contribution in [2.45, 2.75) is 25.8 Å². The molecule has 1 unspecified atom stereocenters. The van der Waals surface area contributed by atoms with Crippen molar-refractivity contribution >= 4 is 16.9 Å². The molecule has 1 aromatic heterocycles. The Kier molecular flexibility index (Phi) is 3.89. The first-order valence-corrected chi connectivity index (χ1v) is 7.33. The van der Waals surface area contributed by atoms with Crippen molar-refractivity contribution in [3.05, 3.63) is 45.2 Å². The lowest BCUT2D eigenvalue weighted by molar-refractivity contribution is 0.0523. The zero-order valence-electron chi connectivity index (χ0n) is 12.4. The van der Waals surface area contributed by atoms with Crippen LogP contribution in [-0.4, -0.2) is 28.9 Å². The molecule has 0 fully saturated rings. The minimum atomic E-state index is -1.13. The van der Waals surface area contributed by atoms with Gasteiger partial charge in [0, 0.05) is 17.1 Å². The number of esters is 1. The number of carbonyl (C=O) groups is 1. The Hall–Kier alpha value is -2.28. The summed E-state index contributed by atoms with van der Waals surface area (Å²) >= 11 is 0. The van der Waals surface area contributed by atoms with Crippen LogP contribution in [-0.2, 0) is 11.2 Å². The van der Waals surface area contributed by atoms with E-state index in [1.54, 1.807) is 6.92 Å². The smallest absolute Gasteiger partial charge is 0.343 e. The summed E-state index contributed by atoms with van der Waals surface area (Å²) in [6.45, 7) is 1.45. The predicted molar refractivity (Wildman–Crippen MR) is 78.5 cm³/mol. The molecule has 1 aliphatic heterocycles. The summed E-state index contributed by atoms with van der Waals surface area (Å²) in [5.74, 6) is -2.94. The molecule has 2 heterocycles. The highest BCUT2D eigenvalue weighted by molar-refractivity contribution is 5.94. The molecule has 0 bridgehead atoms. The molecular formula is C16H15F2NO4. The third kappa shape index (κ3) is 2.31. The van der Waals surface area contributed by atoms with E-state index in [0.29, 0.717) is 6.42 Å². The van der Waals surface area contributed by atoms with Gasteiger partial charge in [-0.05, 0) is 25.8 Å². The molecule has 122 valence electrons. The van der Waals surface area contributed by atoms with Crippen LogP contribution in [0.2, 0.25) is 0 Å². The minimum absolute atomic E-state index is 0.0809. The van der Waals surface area contributed by atoms with Gasteiger partial charge in [0.25, 0.3) is 0 Å². The predicted octanol–water partition coefficient (Wildman–Crippen LogP) is 1.94. The Morgan fingerprint density at radius 2 is 2.22 bits per heavy atom. The second-order valence-electron chi connectivity index (χ2n) is 5.42. The lowest BCUT2D eigenvalue weighted by Crippen LogP contribution is -2.28. The SMILES string of the molecule is CCOC(=O)c1cn2c3c(c(F)c(F)cc3c1=O)CCC2CO. The van der Waals surface area contributed by atoms with E-state index in [1.807, 2.05) is 0 Å². The van der Waals surface area contributed by atoms with Crippen LogP contribution < -0.4 is 5.43 Å². The third-order valence-corrected chi connectivity index (χ3v) is 4.13. The summed E-state index contributed by atoms with van der Waals surface area (Å²) < 4.78 is 34.2. The molecule has 23 heavy (non-hydrogen) atoms. The fourth-order valence-corrected chi connectivity index (χ4v) is 3.04. The van der Waals surface area contributed by atoms with E-state index in [4.69, 9.17) is 4.74 Å². The highest BCUT2D eigenvalue weighted by Crippen LogP contribution is 2.32. The van der Waals surface area contributed by atoms with E-state index in [9.17, 15) is 23.5 Å². The van der Waals surface area contributed by atoms with Gasteiger partial charge < -0.3 is 14.4 Å². The van der Waals surface area contributed by atoms with Gasteiger partial charge in [-0.25, -0.2) is 13.6 Å². The van der Waals surface area contributed by atoms with E-state index in [1.165, 1.54) is 10.8 Å². The zero-order chi connectivity index (χ0) is 16.7. The molecule has 0 radical (unpaired) electrons. The molecule has 5 nitrogen and oxygen atoms in total. The number of aryl methyl sites for hydroxylation is 1. The highest BCUT2D eigenvalue weighted by Gasteiger charge is 2.28. The normalized spacial score (nSPS) is 16.6. The number of nitrogens with zero attached hydrogens (tertiary/aromatic N) is 1. The van der Waals surface area contributed by atoms with E-state index in [-0.39, 0.29) is 41.7 Å².